The lowest BCUT2D eigenvalue weighted by Crippen LogP contribution is -2.22. The molecule has 0 N–H and O–H groups in total. The number of benzene rings is 1. The number of aryl methyl sites for hydroxylation is 1. The Kier molecular flexibility index (Phi) is 7.38. The lowest BCUT2D eigenvalue weighted by Gasteiger charge is -2.22. The van der Waals surface area contributed by atoms with Gasteiger partial charge in [-0.05, 0) is 51.3 Å². The second-order valence-corrected chi connectivity index (χ2v) is 5.10. The maximum atomic E-state index is 10.8. The number of hydrogen-bond donors (Lipinski definition) is 0. The van der Waals surface area contributed by atoms with E-state index >= 15 is 0 Å². The minimum Gasteiger partial charge on any atom is -0.486 e. The number of methoxy groups -OCH3 is 1. The predicted octanol–water partition coefficient (Wildman–Crippen LogP) is 3.65. The first-order valence-corrected chi connectivity index (χ1v) is 6.19. The van der Waals surface area contributed by atoms with Gasteiger partial charge in [-0.2, -0.15) is 0 Å². The van der Waals surface area contributed by atoms with Crippen molar-refractivity contribution in [2.45, 2.75) is 46.6 Å². The summed E-state index contributed by atoms with van der Waals surface area (Å²) in [4.78, 5) is 10.8. The van der Waals surface area contributed by atoms with Crippen molar-refractivity contribution in [3.63, 3.8) is 0 Å². The predicted molar refractivity (Wildman–Crippen MR) is 78.8 cm³/mol. The van der Waals surface area contributed by atoms with E-state index < -0.39 is 0 Å². The van der Waals surface area contributed by atoms with Gasteiger partial charge >= 0.3 is 0 Å². The zero-order valence-electron chi connectivity index (χ0n) is 11.7. The van der Waals surface area contributed by atoms with Crippen LogP contribution in [0.4, 0.5) is 0 Å². The van der Waals surface area contributed by atoms with Gasteiger partial charge < -0.3 is 9.47 Å². The molecule has 0 aliphatic rings. The summed E-state index contributed by atoms with van der Waals surface area (Å²) in [7, 11) is 1.73. The zero-order chi connectivity index (χ0) is 13.6. The zero-order valence-corrected chi connectivity index (χ0v) is 11.7. The third-order valence-corrected chi connectivity index (χ3v) is 2.93. The van der Waals surface area contributed by atoms with E-state index in [9.17, 15) is 4.79 Å². The summed E-state index contributed by atoms with van der Waals surface area (Å²) >= 11 is 0. The van der Waals surface area contributed by atoms with Gasteiger partial charge in [-0.15, -0.1) is 0 Å². The molecular weight excluding hydrogens is 240 g/mol. The molecule has 0 aliphatic carbocycles. The number of hydrogen-bond acceptors (Lipinski definition) is 3. The minimum absolute atomic E-state index is 0. The molecule has 0 fully saturated rings. The topological polar surface area (TPSA) is 35.5 Å². The molecular formula is C16H26O3. The summed E-state index contributed by atoms with van der Waals surface area (Å²) in [5.41, 5.74) is 1.15. The van der Waals surface area contributed by atoms with Crippen LogP contribution in [0, 0.1) is 0 Å². The number of carbonyl (C=O) groups excluding carboxylic acids is 1. The van der Waals surface area contributed by atoms with E-state index in [0.29, 0.717) is 0 Å². The molecule has 1 aromatic rings. The largest absolute Gasteiger partial charge is 0.486 e. The molecule has 3 nitrogen and oxygen atoms in total. The molecule has 1 aromatic carbocycles. The van der Waals surface area contributed by atoms with Crippen LogP contribution < -0.4 is 4.74 Å². The molecule has 0 spiro atoms. The van der Waals surface area contributed by atoms with E-state index in [4.69, 9.17) is 9.47 Å². The third-order valence-electron chi connectivity index (χ3n) is 2.93. The lowest BCUT2D eigenvalue weighted by atomic mass is 9.98. The molecule has 0 radical (unpaired) electrons. The monoisotopic (exact) mass is 266 g/mol. The first kappa shape index (κ1) is 17.6. The van der Waals surface area contributed by atoms with Gasteiger partial charge in [0.2, 0.25) is 0 Å². The third kappa shape index (κ3) is 6.97. The van der Waals surface area contributed by atoms with E-state index in [1.807, 2.05) is 24.3 Å². The molecule has 0 saturated heterocycles. The molecule has 108 valence electrons. The van der Waals surface area contributed by atoms with Gasteiger partial charge in [-0.25, -0.2) is 0 Å². The minimum atomic E-state index is -0.0935. The molecule has 19 heavy (non-hydrogen) atoms. The van der Waals surface area contributed by atoms with Gasteiger partial charge in [0, 0.05) is 7.11 Å². The molecule has 0 amide bonds. The molecule has 0 aromatic heterocycles. The first-order valence-electron chi connectivity index (χ1n) is 6.19. The Balaban J connectivity index is 0.00000324. The van der Waals surface area contributed by atoms with Crippen LogP contribution >= 0.6 is 0 Å². The Morgan fingerprint density at radius 3 is 2.26 bits per heavy atom. The van der Waals surface area contributed by atoms with Crippen molar-refractivity contribution in [1.29, 1.82) is 0 Å². The number of rotatable bonds is 7. The fraction of sp³-hybridized carbons (Fsp3) is 0.562. The molecule has 0 saturated carbocycles. The number of Topliss-reactive ketones (excluding diaryl/α,β-unsaturated/α-hetero) is 1. The van der Waals surface area contributed by atoms with Gasteiger partial charge in [0.05, 0.1) is 5.60 Å². The second kappa shape index (κ2) is 7.95. The van der Waals surface area contributed by atoms with Crippen LogP contribution in [0.5, 0.6) is 5.75 Å². The lowest BCUT2D eigenvalue weighted by molar-refractivity contribution is -0.118. The summed E-state index contributed by atoms with van der Waals surface area (Å²) < 4.78 is 10.7. The van der Waals surface area contributed by atoms with Crippen molar-refractivity contribution in [1.82, 2.24) is 0 Å². The summed E-state index contributed by atoms with van der Waals surface area (Å²) in [6.45, 7) is 5.81. The molecule has 0 aliphatic heterocycles. The smallest absolute Gasteiger partial charge is 0.167 e. The van der Waals surface area contributed by atoms with E-state index in [-0.39, 0.29) is 25.4 Å². The van der Waals surface area contributed by atoms with Crippen molar-refractivity contribution in [3.05, 3.63) is 29.8 Å². The van der Waals surface area contributed by atoms with E-state index in [2.05, 4.69) is 13.8 Å². The fourth-order valence-electron chi connectivity index (χ4n) is 1.48. The van der Waals surface area contributed by atoms with Crippen LogP contribution in [0.2, 0.25) is 0 Å². The number of ether oxygens (including phenoxy) is 2. The van der Waals surface area contributed by atoms with E-state index in [0.717, 1.165) is 18.6 Å². The number of ketones is 1. The molecule has 0 bridgehead atoms. The summed E-state index contributed by atoms with van der Waals surface area (Å²) in [6.07, 6.45) is 1.94. The normalized spacial score (nSPS) is 10.7. The van der Waals surface area contributed by atoms with Crippen LogP contribution in [-0.2, 0) is 16.0 Å². The van der Waals surface area contributed by atoms with Crippen LogP contribution in [0.15, 0.2) is 24.3 Å². The molecule has 0 unspecified atom stereocenters. The van der Waals surface area contributed by atoms with E-state index in [1.165, 1.54) is 12.5 Å². The highest BCUT2D eigenvalue weighted by Crippen LogP contribution is 2.19. The van der Waals surface area contributed by atoms with E-state index in [1.54, 1.807) is 7.11 Å². The first-order chi connectivity index (χ1) is 8.43. The fourth-order valence-corrected chi connectivity index (χ4v) is 1.48. The average molecular weight is 266 g/mol. The highest BCUT2D eigenvalue weighted by atomic mass is 16.5. The molecule has 0 heterocycles. The molecule has 1 rings (SSSR count). The Morgan fingerprint density at radius 1 is 1.21 bits per heavy atom. The summed E-state index contributed by atoms with van der Waals surface area (Å²) in [5.74, 6) is 0.765. The maximum Gasteiger partial charge on any atom is 0.167 e. The second-order valence-electron chi connectivity index (χ2n) is 5.10. The maximum absolute atomic E-state index is 10.8. The number of carbonyl (C=O) groups is 1. The van der Waals surface area contributed by atoms with Gasteiger partial charge in [-0.3, -0.25) is 4.79 Å². The van der Waals surface area contributed by atoms with Crippen LogP contribution in [0.3, 0.4) is 0 Å². The van der Waals surface area contributed by atoms with Crippen LogP contribution in [0.1, 0.15) is 40.2 Å². The Bertz CT molecular complexity index is 379. The van der Waals surface area contributed by atoms with Gasteiger partial charge in [-0.1, -0.05) is 19.6 Å². The van der Waals surface area contributed by atoms with Crippen LogP contribution in [-0.4, -0.2) is 25.1 Å². The SMILES string of the molecule is C.COC(C)(C)CCc1ccc(OCC(C)=O)cc1. The van der Waals surface area contributed by atoms with Crippen molar-refractivity contribution < 1.29 is 14.3 Å². The molecule has 0 atom stereocenters. The summed E-state index contributed by atoms with van der Waals surface area (Å²) in [6, 6.07) is 7.86. The van der Waals surface area contributed by atoms with Crippen molar-refractivity contribution in [2.75, 3.05) is 13.7 Å². The summed E-state index contributed by atoms with van der Waals surface area (Å²) in [5, 5.41) is 0. The van der Waals surface area contributed by atoms with Crippen molar-refractivity contribution >= 4 is 5.78 Å². The standard InChI is InChI=1S/C15H22O3.CH4/c1-12(16)11-18-14-7-5-13(6-8-14)9-10-15(2,3)17-4;/h5-8H,9-11H2,1-4H3;1H4. The van der Waals surface area contributed by atoms with Crippen molar-refractivity contribution in [2.24, 2.45) is 0 Å². The van der Waals surface area contributed by atoms with Gasteiger partial charge in [0.1, 0.15) is 12.4 Å². The Hall–Kier alpha value is -1.35. The Morgan fingerprint density at radius 2 is 1.79 bits per heavy atom. The van der Waals surface area contributed by atoms with Crippen molar-refractivity contribution in [3.8, 4) is 5.75 Å². The highest BCUT2D eigenvalue weighted by Gasteiger charge is 2.15. The quantitative estimate of drug-likeness (QED) is 0.755. The van der Waals surface area contributed by atoms with Gasteiger partial charge in [0.15, 0.2) is 5.78 Å². The van der Waals surface area contributed by atoms with Gasteiger partial charge in [0.25, 0.3) is 0 Å². The Labute approximate surface area is 116 Å². The average Bonchev–Trinajstić information content (AvgIpc) is 2.35. The van der Waals surface area contributed by atoms with Crippen LogP contribution in [0.25, 0.3) is 0 Å². The molecule has 3 heteroatoms. The highest BCUT2D eigenvalue weighted by molar-refractivity contribution is 5.77.